The molecule has 80 valence electrons. The van der Waals surface area contributed by atoms with Crippen LogP contribution in [0.3, 0.4) is 0 Å². The largest absolute Gasteiger partial charge is 0.389 e. The first kappa shape index (κ1) is 12.8. The van der Waals surface area contributed by atoms with Gasteiger partial charge in [0.2, 0.25) is 0 Å². The van der Waals surface area contributed by atoms with Crippen molar-refractivity contribution in [1.29, 1.82) is 0 Å². The molecule has 0 aromatic carbocycles. The Morgan fingerprint density at radius 1 is 1.43 bits per heavy atom. The number of esters is 2. The van der Waals surface area contributed by atoms with Crippen molar-refractivity contribution in [2.45, 2.75) is 25.3 Å². The van der Waals surface area contributed by atoms with Gasteiger partial charge in [-0.2, -0.15) is 0 Å². The lowest BCUT2D eigenvalue weighted by Crippen LogP contribution is -2.33. The van der Waals surface area contributed by atoms with E-state index in [9.17, 15) is 9.59 Å². The number of rotatable bonds is 6. The topological polar surface area (TPSA) is 95.4 Å². The maximum atomic E-state index is 11.1. The van der Waals surface area contributed by atoms with Crippen molar-refractivity contribution >= 4 is 11.9 Å². The second kappa shape index (κ2) is 7.23. The van der Waals surface area contributed by atoms with Gasteiger partial charge in [-0.3, -0.25) is 0 Å². The minimum atomic E-state index is -0.774. The van der Waals surface area contributed by atoms with Crippen LogP contribution in [0.1, 0.15) is 19.3 Å². The average molecular weight is 200 g/mol. The summed E-state index contributed by atoms with van der Waals surface area (Å²) in [6, 6.07) is -0.759. The Morgan fingerprint density at radius 3 is 2.57 bits per heavy atom. The lowest BCUT2D eigenvalue weighted by atomic mass is 10.1. The average Bonchev–Trinajstić information content (AvgIpc) is 2.17. The molecule has 0 fully saturated rings. The molecule has 14 heavy (non-hydrogen) atoms. The van der Waals surface area contributed by atoms with E-state index in [1.54, 1.807) is 0 Å². The summed E-state index contributed by atoms with van der Waals surface area (Å²) < 4.78 is 4.34. The zero-order valence-corrected chi connectivity index (χ0v) is 8.07. The standard InChI is InChI=1S/C9H16N2O3/c1-2-8(12)14-9(13)7(11)5-3-4-6-10/h2,7H,1,3-6,10-11H2/t7-/m0/s1. The Kier molecular flexibility index (Phi) is 6.61. The zero-order chi connectivity index (χ0) is 11.0. The smallest absolute Gasteiger partial charge is 0.337 e. The quantitative estimate of drug-likeness (QED) is 0.265. The number of nitrogens with two attached hydrogens (primary N) is 2. The third kappa shape index (κ3) is 5.45. The summed E-state index contributed by atoms with van der Waals surface area (Å²) >= 11 is 0. The molecule has 0 aliphatic carbocycles. The molecule has 0 unspecified atom stereocenters. The first-order chi connectivity index (χ1) is 6.61. The molecule has 5 heteroatoms. The van der Waals surface area contributed by atoms with Gasteiger partial charge in [0, 0.05) is 6.08 Å². The van der Waals surface area contributed by atoms with Gasteiger partial charge in [-0.25, -0.2) is 9.59 Å². The number of hydrogen-bond donors (Lipinski definition) is 2. The van der Waals surface area contributed by atoms with Gasteiger partial charge in [-0.05, 0) is 19.4 Å². The van der Waals surface area contributed by atoms with E-state index >= 15 is 0 Å². The van der Waals surface area contributed by atoms with Crippen LogP contribution in [0.4, 0.5) is 0 Å². The Morgan fingerprint density at radius 2 is 2.07 bits per heavy atom. The second-order valence-corrected chi connectivity index (χ2v) is 2.84. The highest BCUT2D eigenvalue weighted by molar-refractivity contribution is 5.93. The van der Waals surface area contributed by atoms with E-state index in [-0.39, 0.29) is 0 Å². The summed E-state index contributed by atoms with van der Waals surface area (Å²) in [4.78, 5) is 21.7. The van der Waals surface area contributed by atoms with Gasteiger partial charge in [-0.15, -0.1) is 0 Å². The number of ether oxygens (including phenoxy) is 1. The van der Waals surface area contributed by atoms with E-state index in [1.807, 2.05) is 0 Å². The number of carbonyl (C=O) groups excluding carboxylic acids is 2. The molecular formula is C9H16N2O3. The van der Waals surface area contributed by atoms with Crippen molar-refractivity contribution in [2.75, 3.05) is 6.54 Å². The molecule has 0 saturated carbocycles. The van der Waals surface area contributed by atoms with Gasteiger partial charge in [-0.1, -0.05) is 13.0 Å². The van der Waals surface area contributed by atoms with E-state index in [2.05, 4.69) is 11.3 Å². The van der Waals surface area contributed by atoms with Crippen molar-refractivity contribution in [2.24, 2.45) is 11.5 Å². The van der Waals surface area contributed by atoms with Crippen LogP contribution in [-0.4, -0.2) is 24.5 Å². The molecule has 0 aliphatic rings. The van der Waals surface area contributed by atoms with Gasteiger partial charge >= 0.3 is 11.9 Å². The van der Waals surface area contributed by atoms with Crippen LogP contribution in [0.15, 0.2) is 12.7 Å². The van der Waals surface area contributed by atoms with Crippen LogP contribution in [0.2, 0.25) is 0 Å². The summed E-state index contributed by atoms with van der Waals surface area (Å²) in [5, 5.41) is 0. The van der Waals surface area contributed by atoms with Crippen LogP contribution in [0.5, 0.6) is 0 Å². The van der Waals surface area contributed by atoms with Gasteiger partial charge < -0.3 is 16.2 Å². The van der Waals surface area contributed by atoms with E-state index in [1.165, 1.54) is 0 Å². The van der Waals surface area contributed by atoms with Crippen molar-refractivity contribution in [3.05, 3.63) is 12.7 Å². The molecule has 0 saturated heterocycles. The maximum Gasteiger partial charge on any atom is 0.337 e. The van der Waals surface area contributed by atoms with Crippen molar-refractivity contribution < 1.29 is 14.3 Å². The van der Waals surface area contributed by atoms with Crippen LogP contribution in [0, 0.1) is 0 Å². The molecule has 0 aromatic heterocycles. The fourth-order valence-corrected chi connectivity index (χ4v) is 0.843. The molecule has 5 nitrogen and oxygen atoms in total. The molecule has 0 spiro atoms. The van der Waals surface area contributed by atoms with Crippen LogP contribution >= 0.6 is 0 Å². The van der Waals surface area contributed by atoms with E-state index in [0.29, 0.717) is 13.0 Å². The van der Waals surface area contributed by atoms with Crippen molar-refractivity contribution in [1.82, 2.24) is 0 Å². The fourth-order valence-electron chi connectivity index (χ4n) is 0.843. The lowest BCUT2D eigenvalue weighted by Gasteiger charge is -2.08. The SMILES string of the molecule is C=CC(=O)OC(=O)[C@@H](N)CCCCN. The molecule has 0 aromatic rings. The van der Waals surface area contributed by atoms with Crippen LogP contribution < -0.4 is 11.5 Å². The molecule has 0 amide bonds. The number of carbonyl (C=O) groups is 2. The normalized spacial score (nSPS) is 11.9. The van der Waals surface area contributed by atoms with E-state index in [0.717, 1.165) is 18.9 Å². The molecular weight excluding hydrogens is 184 g/mol. The van der Waals surface area contributed by atoms with Crippen LogP contribution in [-0.2, 0) is 14.3 Å². The zero-order valence-electron chi connectivity index (χ0n) is 8.07. The van der Waals surface area contributed by atoms with Crippen molar-refractivity contribution in [3.63, 3.8) is 0 Å². The molecule has 1 atom stereocenters. The van der Waals surface area contributed by atoms with Gasteiger partial charge in [0.15, 0.2) is 0 Å². The van der Waals surface area contributed by atoms with Gasteiger partial charge in [0.25, 0.3) is 0 Å². The minimum absolute atomic E-state index is 0.473. The summed E-state index contributed by atoms with van der Waals surface area (Å²) in [5.74, 6) is -1.49. The monoisotopic (exact) mass is 200 g/mol. The third-order valence-corrected chi connectivity index (χ3v) is 1.64. The van der Waals surface area contributed by atoms with Crippen molar-refractivity contribution in [3.8, 4) is 0 Å². The second-order valence-electron chi connectivity index (χ2n) is 2.84. The summed E-state index contributed by atoms with van der Waals surface area (Å²) in [6.45, 7) is 3.73. The van der Waals surface area contributed by atoms with Gasteiger partial charge in [0.05, 0.1) is 0 Å². The molecule has 0 heterocycles. The maximum absolute atomic E-state index is 11.1. The number of unbranched alkanes of at least 4 members (excludes halogenated alkanes) is 1. The lowest BCUT2D eigenvalue weighted by molar-refractivity contribution is -0.157. The summed E-state index contributed by atoms with van der Waals surface area (Å²) in [5.41, 5.74) is 10.7. The van der Waals surface area contributed by atoms with E-state index < -0.39 is 18.0 Å². The predicted molar refractivity (Wildman–Crippen MR) is 52.2 cm³/mol. The molecule has 0 radical (unpaired) electrons. The highest BCUT2D eigenvalue weighted by Crippen LogP contribution is 2.00. The Balaban J connectivity index is 3.75. The Hall–Kier alpha value is -1.20. The first-order valence-corrected chi connectivity index (χ1v) is 4.45. The fraction of sp³-hybridized carbons (Fsp3) is 0.556. The summed E-state index contributed by atoms with van der Waals surface area (Å²) in [6.07, 6.45) is 2.94. The Bertz CT molecular complexity index is 216. The molecule has 4 N–H and O–H groups in total. The van der Waals surface area contributed by atoms with Crippen LogP contribution in [0.25, 0.3) is 0 Å². The van der Waals surface area contributed by atoms with E-state index in [4.69, 9.17) is 11.5 Å². The first-order valence-electron chi connectivity index (χ1n) is 4.45. The molecule has 0 bridgehead atoms. The Labute approximate surface area is 83.1 Å². The number of hydrogen-bond acceptors (Lipinski definition) is 5. The predicted octanol–water partition coefficient (Wildman–Crippen LogP) is -0.301. The summed E-state index contributed by atoms with van der Waals surface area (Å²) in [7, 11) is 0. The highest BCUT2D eigenvalue weighted by atomic mass is 16.6. The third-order valence-electron chi connectivity index (χ3n) is 1.64. The minimum Gasteiger partial charge on any atom is -0.389 e. The highest BCUT2D eigenvalue weighted by Gasteiger charge is 2.16. The van der Waals surface area contributed by atoms with Gasteiger partial charge in [0.1, 0.15) is 6.04 Å². The molecule has 0 aliphatic heterocycles. The molecule has 0 rings (SSSR count).